The van der Waals surface area contributed by atoms with Crippen molar-refractivity contribution >= 4 is 39.1 Å². The number of nitrogens with zero attached hydrogens (tertiary/aromatic N) is 2. The van der Waals surface area contributed by atoms with E-state index < -0.39 is 28.5 Å². The molecular weight excluding hydrogens is 510 g/mol. The first-order valence-electron chi connectivity index (χ1n) is 12.9. The number of amides is 2. The van der Waals surface area contributed by atoms with E-state index >= 15 is 0 Å². The Hall–Kier alpha value is -2.58. The molecule has 0 radical (unpaired) electrons. The van der Waals surface area contributed by atoms with Crippen LogP contribution in [0.2, 0.25) is 5.02 Å². The fourth-order valence-corrected chi connectivity index (χ4v) is 5.96. The van der Waals surface area contributed by atoms with E-state index in [-0.39, 0.29) is 18.5 Å². The third kappa shape index (κ3) is 7.95. The number of benzene rings is 2. The fraction of sp³-hybridized carbons (Fsp3) is 0.500. The summed E-state index contributed by atoms with van der Waals surface area (Å²) in [6.07, 6.45) is 6.69. The highest BCUT2D eigenvalue weighted by Gasteiger charge is 2.33. The number of nitrogens with one attached hydrogen (secondary N) is 1. The minimum atomic E-state index is -3.77. The van der Waals surface area contributed by atoms with Gasteiger partial charge in [0.05, 0.1) is 11.9 Å². The number of hydrogen-bond donors (Lipinski definition) is 1. The second-order valence-corrected chi connectivity index (χ2v) is 12.3. The van der Waals surface area contributed by atoms with E-state index in [1.165, 1.54) is 11.3 Å². The summed E-state index contributed by atoms with van der Waals surface area (Å²) in [4.78, 5) is 28.8. The van der Waals surface area contributed by atoms with Crippen molar-refractivity contribution in [1.82, 2.24) is 10.2 Å². The van der Waals surface area contributed by atoms with Gasteiger partial charge < -0.3 is 10.2 Å². The average Bonchev–Trinajstić information content (AvgIpc) is 2.84. The lowest BCUT2D eigenvalue weighted by Gasteiger charge is -2.34. The Morgan fingerprint density at radius 1 is 1.05 bits per heavy atom. The van der Waals surface area contributed by atoms with E-state index in [0.717, 1.165) is 52.9 Å². The van der Waals surface area contributed by atoms with Gasteiger partial charge in [0, 0.05) is 17.6 Å². The van der Waals surface area contributed by atoms with Crippen molar-refractivity contribution in [3.05, 3.63) is 64.2 Å². The molecule has 0 unspecified atom stereocenters. The van der Waals surface area contributed by atoms with Gasteiger partial charge in [0.2, 0.25) is 21.8 Å². The van der Waals surface area contributed by atoms with Crippen molar-refractivity contribution in [3.63, 3.8) is 0 Å². The van der Waals surface area contributed by atoms with Crippen molar-refractivity contribution in [1.29, 1.82) is 0 Å². The summed E-state index contributed by atoms with van der Waals surface area (Å²) in [5, 5.41) is 3.72. The van der Waals surface area contributed by atoms with E-state index in [4.69, 9.17) is 11.6 Å². The van der Waals surface area contributed by atoms with E-state index in [0.29, 0.717) is 17.1 Å². The Bertz CT molecular complexity index is 1190. The summed E-state index contributed by atoms with van der Waals surface area (Å²) in [6.45, 7) is 5.38. The van der Waals surface area contributed by atoms with Crippen molar-refractivity contribution in [2.75, 3.05) is 17.1 Å². The van der Waals surface area contributed by atoms with Crippen LogP contribution in [0.15, 0.2) is 42.5 Å². The number of carbonyl (C=O) groups excluding carboxylic acids is 2. The minimum absolute atomic E-state index is 0.102. The first kappa shape index (κ1) is 29.0. The zero-order chi connectivity index (χ0) is 27.2. The van der Waals surface area contributed by atoms with E-state index in [9.17, 15) is 18.0 Å². The van der Waals surface area contributed by atoms with Crippen molar-refractivity contribution in [2.24, 2.45) is 0 Å². The summed E-state index contributed by atoms with van der Waals surface area (Å²) in [5.41, 5.74) is 3.01. The van der Waals surface area contributed by atoms with E-state index in [2.05, 4.69) is 5.32 Å². The van der Waals surface area contributed by atoms with Crippen LogP contribution in [0.3, 0.4) is 0 Å². The first-order valence-corrected chi connectivity index (χ1v) is 15.1. The molecule has 1 N–H and O–H groups in total. The minimum Gasteiger partial charge on any atom is -0.352 e. The Labute approximate surface area is 226 Å². The lowest BCUT2D eigenvalue weighted by atomic mass is 9.95. The molecule has 3 rings (SSSR count). The van der Waals surface area contributed by atoms with Crippen LogP contribution in [0, 0.1) is 13.8 Å². The van der Waals surface area contributed by atoms with E-state index in [1.807, 2.05) is 45.0 Å². The number of carbonyl (C=O) groups is 2. The molecule has 7 nitrogen and oxygen atoms in total. The Balaban J connectivity index is 1.93. The summed E-state index contributed by atoms with van der Waals surface area (Å²) in [7, 11) is -3.77. The summed E-state index contributed by atoms with van der Waals surface area (Å²) in [5.74, 6) is -0.639. The standard InChI is InChI=1S/C28H38ClN3O4S/c1-5-25(28(34)30-24-9-7-6-8-10-24)31(18-22-12-14-23(29)15-13-22)27(33)19-32(37(4,35)36)26-16-11-20(2)17-21(26)3/h11-17,24-25H,5-10,18-19H2,1-4H3,(H,30,34)/t25-/m1/s1. The number of rotatable bonds is 10. The Morgan fingerprint density at radius 2 is 1.70 bits per heavy atom. The number of aryl methyl sites for hydroxylation is 2. The maximum atomic E-state index is 13.8. The van der Waals surface area contributed by atoms with Crippen LogP contribution in [0.4, 0.5) is 5.69 Å². The molecule has 202 valence electrons. The SMILES string of the molecule is CC[C@H](C(=O)NC1CCCCC1)N(Cc1ccc(Cl)cc1)C(=O)CN(c1ccc(C)cc1C)S(C)(=O)=O. The summed E-state index contributed by atoms with van der Waals surface area (Å²) < 4.78 is 26.8. The van der Waals surface area contributed by atoms with Gasteiger partial charge in [-0.05, 0) is 62.4 Å². The third-order valence-electron chi connectivity index (χ3n) is 6.90. The van der Waals surface area contributed by atoms with Crippen LogP contribution < -0.4 is 9.62 Å². The van der Waals surface area contributed by atoms with Gasteiger partial charge in [-0.25, -0.2) is 8.42 Å². The Kier molecular flexibility index (Phi) is 10.0. The van der Waals surface area contributed by atoms with Gasteiger partial charge in [-0.3, -0.25) is 13.9 Å². The molecule has 2 aromatic rings. The second kappa shape index (κ2) is 12.8. The molecule has 0 spiro atoms. The van der Waals surface area contributed by atoms with Gasteiger partial charge in [-0.2, -0.15) is 0 Å². The van der Waals surface area contributed by atoms with Crippen LogP contribution in [0.5, 0.6) is 0 Å². The predicted octanol–water partition coefficient (Wildman–Crippen LogP) is 4.98. The van der Waals surface area contributed by atoms with Crippen LogP contribution >= 0.6 is 11.6 Å². The molecule has 0 aromatic heterocycles. The maximum absolute atomic E-state index is 13.8. The second-order valence-electron chi connectivity index (χ2n) is 9.98. The monoisotopic (exact) mass is 547 g/mol. The molecule has 0 saturated heterocycles. The molecule has 1 atom stereocenters. The summed E-state index contributed by atoms with van der Waals surface area (Å²) in [6, 6.07) is 11.9. The van der Waals surface area contributed by atoms with Gasteiger partial charge in [0.25, 0.3) is 0 Å². The van der Waals surface area contributed by atoms with Gasteiger partial charge in [-0.1, -0.05) is 67.6 Å². The van der Waals surface area contributed by atoms with Gasteiger partial charge >= 0.3 is 0 Å². The van der Waals surface area contributed by atoms with Crippen LogP contribution in [-0.2, 0) is 26.2 Å². The summed E-state index contributed by atoms with van der Waals surface area (Å²) >= 11 is 6.05. The molecule has 0 heterocycles. The molecule has 1 saturated carbocycles. The molecule has 1 aliphatic carbocycles. The Morgan fingerprint density at radius 3 is 2.27 bits per heavy atom. The van der Waals surface area contributed by atoms with Crippen LogP contribution in [0.25, 0.3) is 0 Å². The highest BCUT2D eigenvalue weighted by Crippen LogP contribution is 2.25. The van der Waals surface area contributed by atoms with Gasteiger partial charge in [0.1, 0.15) is 12.6 Å². The predicted molar refractivity (Wildman–Crippen MR) is 149 cm³/mol. The van der Waals surface area contributed by atoms with Gasteiger partial charge in [0.15, 0.2) is 0 Å². The van der Waals surface area contributed by atoms with Crippen LogP contribution in [0.1, 0.15) is 62.1 Å². The number of halogens is 1. The molecule has 1 fully saturated rings. The highest BCUT2D eigenvalue weighted by atomic mass is 35.5. The molecule has 9 heteroatoms. The molecule has 0 aliphatic heterocycles. The van der Waals surface area contributed by atoms with Crippen LogP contribution in [-0.4, -0.2) is 50.0 Å². The smallest absolute Gasteiger partial charge is 0.244 e. The first-order chi connectivity index (χ1) is 17.5. The number of hydrogen-bond acceptors (Lipinski definition) is 4. The van der Waals surface area contributed by atoms with E-state index in [1.54, 1.807) is 18.2 Å². The lowest BCUT2D eigenvalue weighted by Crippen LogP contribution is -2.54. The van der Waals surface area contributed by atoms with Gasteiger partial charge in [-0.15, -0.1) is 0 Å². The van der Waals surface area contributed by atoms with Crippen molar-refractivity contribution in [2.45, 2.75) is 77.9 Å². The zero-order valence-corrected chi connectivity index (χ0v) is 23.7. The topological polar surface area (TPSA) is 86.8 Å². The maximum Gasteiger partial charge on any atom is 0.244 e. The number of anilines is 1. The lowest BCUT2D eigenvalue weighted by molar-refractivity contribution is -0.140. The molecule has 0 bridgehead atoms. The van der Waals surface area contributed by atoms with Crippen molar-refractivity contribution in [3.8, 4) is 0 Å². The highest BCUT2D eigenvalue weighted by molar-refractivity contribution is 7.92. The number of sulfonamides is 1. The molecule has 2 amide bonds. The average molecular weight is 548 g/mol. The molecule has 1 aliphatic rings. The zero-order valence-electron chi connectivity index (χ0n) is 22.2. The fourth-order valence-electron chi connectivity index (χ4n) is 4.93. The molecule has 37 heavy (non-hydrogen) atoms. The third-order valence-corrected chi connectivity index (χ3v) is 8.28. The normalized spacial score (nSPS) is 15.2. The van der Waals surface area contributed by atoms with Crippen molar-refractivity contribution < 1.29 is 18.0 Å². The molecule has 2 aromatic carbocycles. The molecular formula is C28H38ClN3O4S. The quantitative estimate of drug-likeness (QED) is 0.454. The largest absolute Gasteiger partial charge is 0.352 e.